The highest BCUT2D eigenvalue weighted by molar-refractivity contribution is 7.59. The maximum atomic E-state index is 10.6. The molecule has 1 heterocycles. The Morgan fingerprint density at radius 2 is 1.78 bits per heavy atom. The number of hydrogen-bond donors (Lipinski definition) is 1. The van der Waals surface area contributed by atoms with Gasteiger partial charge >= 0.3 is 16.6 Å². The van der Waals surface area contributed by atoms with Gasteiger partial charge in [-0.05, 0) is 32.8 Å². The average Bonchev–Trinajstić information content (AvgIpc) is 2.76. The molecule has 1 aliphatic heterocycles. The molecule has 1 atom stereocenters. The van der Waals surface area contributed by atoms with Crippen LogP contribution in [0.1, 0.15) is 70.4 Å². The van der Waals surface area contributed by atoms with E-state index in [4.69, 9.17) is 17.7 Å². The Bertz CT molecular complexity index is 807. The molecule has 1 aliphatic rings. The van der Waals surface area contributed by atoms with Gasteiger partial charge in [0.15, 0.2) is 5.71 Å². The van der Waals surface area contributed by atoms with E-state index in [1.54, 1.807) is 0 Å². The molecule has 0 aliphatic carbocycles. The number of rotatable bonds is 8. The number of hydrogen-bond acceptors (Lipinski definition) is 4. The molecule has 0 aromatic heterocycles. The maximum Gasteiger partial charge on any atom is 0.425 e. The monoisotopic (exact) mass is 396 g/mol. The van der Waals surface area contributed by atoms with Gasteiger partial charge in [-0.1, -0.05) is 31.4 Å². The van der Waals surface area contributed by atoms with Gasteiger partial charge < -0.3 is 5.11 Å². The van der Waals surface area contributed by atoms with Crippen molar-refractivity contribution in [3.63, 3.8) is 0 Å². The van der Waals surface area contributed by atoms with Crippen molar-refractivity contribution in [3.05, 3.63) is 29.3 Å². The van der Waals surface area contributed by atoms with E-state index in [1.807, 2.05) is 0 Å². The topological polar surface area (TPSA) is 91.5 Å². The molecule has 0 saturated heterocycles. The summed E-state index contributed by atoms with van der Waals surface area (Å²) in [5, 5.41) is 8.76. The second kappa shape index (κ2) is 10.3. The Morgan fingerprint density at radius 3 is 2.33 bits per heavy atom. The smallest absolute Gasteiger partial charge is 0.425 e. The van der Waals surface area contributed by atoms with E-state index in [0.717, 1.165) is 38.6 Å². The molecule has 1 unspecified atom stereocenters. The summed E-state index contributed by atoms with van der Waals surface area (Å²) in [6.45, 7) is 10.1. The minimum Gasteiger partial charge on any atom is -0.481 e. The summed E-state index contributed by atoms with van der Waals surface area (Å²) in [5.74, 6) is -0.685. The average molecular weight is 397 g/mol. The first kappa shape index (κ1) is 23.0. The zero-order chi connectivity index (χ0) is 20.6. The molecule has 7 heteroatoms. The summed E-state index contributed by atoms with van der Waals surface area (Å²) >= 11 is 0. The zero-order valence-corrected chi connectivity index (χ0v) is 17.4. The number of unbranched alkanes of at least 4 members (excludes halogenated alkanes) is 2. The number of carbonyl (C=O) groups is 1. The van der Waals surface area contributed by atoms with Crippen molar-refractivity contribution in [2.75, 3.05) is 6.54 Å². The number of aliphatic carboxylic acids is 1. The van der Waals surface area contributed by atoms with Crippen LogP contribution >= 0.6 is 0 Å². The molecule has 1 N–H and O–H groups in total. The van der Waals surface area contributed by atoms with E-state index in [0.29, 0.717) is 0 Å². The molecule has 1 aromatic carbocycles. The molecule has 27 heavy (non-hydrogen) atoms. The molecule has 0 spiro atoms. The highest BCUT2D eigenvalue weighted by Gasteiger charge is 2.45. The third-order valence-corrected chi connectivity index (χ3v) is 5.26. The molecule has 0 fully saturated rings. The molecular weight excluding hydrogens is 366 g/mol. The molecule has 0 saturated carbocycles. The van der Waals surface area contributed by atoms with Crippen molar-refractivity contribution in [2.24, 2.45) is 0 Å². The van der Waals surface area contributed by atoms with Gasteiger partial charge in [0, 0.05) is 31.4 Å². The maximum absolute atomic E-state index is 10.6. The van der Waals surface area contributed by atoms with Crippen molar-refractivity contribution in [1.29, 1.82) is 0 Å². The Balaban J connectivity index is 0.000000828. The highest BCUT2D eigenvalue weighted by atomic mass is 32.2. The summed E-state index contributed by atoms with van der Waals surface area (Å²) in [4.78, 5) is 10.6. The summed E-state index contributed by atoms with van der Waals surface area (Å²) in [7, 11) is -3.11. The van der Waals surface area contributed by atoms with Crippen LogP contribution in [0.3, 0.4) is 0 Å². The number of carboxylic acid groups (broad SMARTS) is 1. The van der Waals surface area contributed by atoms with Crippen LogP contribution in [0.15, 0.2) is 18.2 Å². The van der Waals surface area contributed by atoms with Gasteiger partial charge in [0.2, 0.25) is 5.69 Å². The first-order chi connectivity index (χ1) is 12.6. The van der Waals surface area contributed by atoms with Crippen LogP contribution in [-0.2, 0) is 20.8 Å². The quantitative estimate of drug-likeness (QED) is 0.533. The van der Waals surface area contributed by atoms with Crippen molar-refractivity contribution < 1.29 is 27.1 Å². The van der Waals surface area contributed by atoms with Crippen LogP contribution in [0.4, 0.5) is 5.69 Å². The van der Waals surface area contributed by atoms with Crippen LogP contribution < -0.4 is 0 Å². The number of carboxylic acids is 1. The highest BCUT2D eigenvalue weighted by Crippen LogP contribution is 2.43. The number of aryl methyl sites for hydroxylation is 1. The Kier molecular flexibility index (Phi) is 8.82. The molecular formula is C20H30NO5S+. The van der Waals surface area contributed by atoms with E-state index >= 15 is 0 Å². The van der Waals surface area contributed by atoms with Crippen molar-refractivity contribution in [2.45, 2.75) is 71.6 Å². The standard InChI is InChI=1S/C20H29NO2.O3S/c1-5-13-21-16(3)20(4,12-8-6-7-9-19(22)23)17-14-15(2)10-11-18(17)21;1-4(2)3/h10-11,14H,5-9,12-13H2,1-4H3;/p+1. The van der Waals surface area contributed by atoms with E-state index in [-0.39, 0.29) is 11.8 Å². The lowest BCUT2D eigenvalue weighted by atomic mass is 9.75. The number of fused-ring (bicyclic) bond motifs is 1. The van der Waals surface area contributed by atoms with Crippen LogP contribution in [-0.4, -0.2) is 40.5 Å². The molecule has 0 bridgehead atoms. The summed E-state index contributed by atoms with van der Waals surface area (Å²) < 4.78 is 27.8. The van der Waals surface area contributed by atoms with Gasteiger partial charge in [0.25, 0.3) is 0 Å². The predicted molar refractivity (Wildman–Crippen MR) is 105 cm³/mol. The molecule has 2 rings (SSSR count). The molecule has 6 nitrogen and oxygen atoms in total. The zero-order valence-electron chi connectivity index (χ0n) is 16.6. The Morgan fingerprint density at radius 1 is 1.15 bits per heavy atom. The molecule has 150 valence electrons. The summed E-state index contributed by atoms with van der Waals surface area (Å²) in [5.41, 5.74) is 5.65. The fourth-order valence-electron chi connectivity index (χ4n) is 3.76. The molecule has 0 amide bonds. The normalized spacial score (nSPS) is 17.9. The van der Waals surface area contributed by atoms with Gasteiger partial charge in [0.1, 0.15) is 6.54 Å². The van der Waals surface area contributed by atoms with E-state index < -0.39 is 16.6 Å². The SMILES string of the molecule is CCC[N+]1=C(C)C(C)(CCCCCC(=O)O)c2cc(C)ccc21.O=S(=O)=O. The summed E-state index contributed by atoms with van der Waals surface area (Å²) in [6.07, 6.45) is 5.37. The van der Waals surface area contributed by atoms with Gasteiger partial charge in [-0.15, -0.1) is 12.6 Å². The lowest BCUT2D eigenvalue weighted by molar-refractivity contribution is -0.439. The van der Waals surface area contributed by atoms with Crippen LogP contribution in [0.5, 0.6) is 0 Å². The van der Waals surface area contributed by atoms with Crippen LogP contribution in [0.2, 0.25) is 0 Å². The largest absolute Gasteiger partial charge is 0.481 e. The second-order valence-electron chi connectivity index (χ2n) is 7.25. The van der Waals surface area contributed by atoms with E-state index in [2.05, 4.69) is 50.5 Å². The second-order valence-corrected chi connectivity index (χ2v) is 7.66. The lowest BCUT2D eigenvalue weighted by Gasteiger charge is -2.22. The molecule has 1 aromatic rings. The van der Waals surface area contributed by atoms with Crippen molar-refractivity contribution in [1.82, 2.24) is 0 Å². The van der Waals surface area contributed by atoms with Gasteiger partial charge in [0.05, 0.1) is 5.41 Å². The third-order valence-electron chi connectivity index (χ3n) is 5.26. The van der Waals surface area contributed by atoms with Crippen molar-refractivity contribution >= 4 is 28.0 Å². The van der Waals surface area contributed by atoms with Crippen molar-refractivity contribution in [3.8, 4) is 0 Å². The van der Waals surface area contributed by atoms with Crippen LogP contribution in [0.25, 0.3) is 0 Å². The molecule has 0 radical (unpaired) electrons. The van der Waals surface area contributed by atoms with Gasteiger partial charge in [-0.2, -0.15) is 4.58 Å². The Hall–Kier alpha value is -2.02. The third kappa shape index (κ3) is 6.27. The van der Waals surface area contributed by atoms with E-state index in [1.165, 1.54) is 22.5 Å². The summed E-state index contributed by atoms with van der Waals surface area (Å²) in [6, 6.07) is 6.80. The fraction of sp³-hybridized carbons (Fsp3) is 0.600. The van der Waals surface area contributed by atoms with Gasteiger partial charge in [-0.3, -0.25) is 4.79 Å². The van der Waals surface area contributed by atoms with E-state index in [9.17, 15) is 4.79 Å². The van der Waals surface area contributed by atoms with Gasteiger partial charge in [-0.25, -0.2) is 0 Å². The first-order valence-corrected chi connectivity index (χ1v) is 10.3. The minimum atomic E-state index is -3.11. The number of benzene rings is 1. The Labute approximate surface area is 163 Å². The number of nitrogens with zero attached hydrogens (tertiary/aromatic N) is 1. The van der Waals surface area contributed by atoms with Crippen LogP contribution in [0, 0.1) is 6.92 Å². The minimum absolute atomic E-state index is 0.0831. The fourth-order valence-corrected chi connectivity index (χ4v) is 3.76. The predicted octanol–water partition coefficient (Wildman–Crippen LogP) is 3.81. The lowest BCUT2D eigenvalue weighted by Crippen LogP contribution is -2.30. The first-order valence-electron chi connectivity index (χ1n) is 9.34.